The van der Waals surface area contributed by atoms with Gasteiger partial charge in [-0.3, -0.25) is 9.59 Å². The van der Waals surface area contributed by atoms with E-state index in [2.05, 4.69) is 14.7 Å². The summed E-state index contributed by atoms with van der Waals surface area (Å²) in [5.74, 6) is -1.12. The molecule has 0 spiro atoms. The second-order valence-electron chi connectivity index (χ2n) is 6.95. The summed E-state index contributed by atoms with van der Waals surface area (Å²) in [6.45, 7) is 2.78. The van der Waals surface area contributed by atoms with Crippen molar-refractivity contribution >= 4 is 23.3 Å². The van der Waals surface area contributed by atoms with Crippen molar-refractivity contribution in [1.82, 2.24) is 19.6 Å². The number of carbonyl (C=O) groups is 2. The molecule has 4 rings (SSSR count). The molecule has 1 aliphatic heterocycles. The quantitative estimate of drug-likeness (QED) is 0.701. The maximum atomic E-state index is 14.3. The van der Waals surface area contributed by atoms with E-state index >= 15 is 0 Å². The summed E-state index contributed by atoms with van der Waals surface area (Å²) < 4.78 is 23.7. The number of hydrogen-bond acceptors (Lipinski definition) is 7. The van der Waals surface area contributed by atoms with Crippen molar-refractivity contribution in [3.05, 3.63) is 52.6 Å². The molecule has 29 heavy (non-hydrogen) atoms. The molecule has 3 heterocycles. The monoisotopic (exact) mass is 415 g/mol. The highest BCUT2D eigenvalue weighted by Gasteiger charge is 2.30. The summed E-state index contributed by atoms with van der Waals surface area (Å²) in [4.78, 5) is 26.3. The van der Waals surface area contributed by atoms with Crippen LogP contribution in [-0.2, 0) is 0 Å². The van der Waals surface area contributed by atoms with Gasteiger partial charge in [-0.15, -0.1) is 5.10 Å². The molecule has 150 valence electrons. The first-order valence-electron chi connectivity index (χ1n) is 9.08. The van der Waals surface area contributed by atoms with Crippen LogP contribution in [0.4, 0.5) is 4.39 Å². The van der Waals surface area contributed by atoms with E-state index in [-0.39, 0.29) is 17.0 Å². The fourth-order valence-corrected chi connectivity index (χ4v) is 4.17. The number of rotatable bonds is 4. The second kappa shape index (κ2) is 7.70. The van der Waals surface area contributed by atoms with Crippen LogP contribution in [0.2, 0.25) is 0 Å². The van der Waals surface area contributed by atoms with Gasteiger partial charge in [-0.25, -0.2) is 4.39 Å². The number of carbonyl (C=O) groups excluding carboxylic acids is 2. The summed E-state index contributed by atoms with van der Waals surface area (Å²) in [6, 6.07) is 5.50. The minimum atomic E-state index is -0.750. The van der Waals surface area contributed by atoms with Gasteiger partial charge in [-0.1, -0.05) is 9.64 Å². The van der Waals surface area contributed by atoms with Crippen LogP contribution in [0.3, 0.4) is 0 Å². The normalized spacial score (nSPS) is 14.9. The second-order valence-corrected chi connectivity index (χ2v) is 7.70. The molecule has 0 atom stereocenters. The Morgan fingerprint density at radius 3 is 2.66 bits per heavy atom. The maximum absolute atomic E-state index is 14.3. The van der Waals surface area contributed by atoms with E-state index in [1.165, 1.54) is 23.7 Å². The van der Waals surface area contributed by atoms with Gasteiger partial charge in [0.25, 0.3) is 5.91 Å². The number of halogens is 1. The molecule has 3 aromatic rings. The minimum absolute atomic E-state index is 0.0315. The van der Waals surface area contributed by atoms with Crippen LogP contribution in [0, 0.1) is 12.7 Å². The van der Waals surface area contributed by atoms with Crippen molar-refractivity contribution in [2.24, 2.45) is 5.73 Å². The van der Waals surface area contributed by atoms with Crippen LogP contribution in [-0.4, -0.2) is 44.5 Å². The number of piperidine rings is 1. The van der Waals surface area contributed by atoms with Crippen LogP contribution in [0.25, 0.3) is 10.6 Å². The SMILES string of the molecule is Cc1cc(-c2snnc2C2CCN(C(=O)c3ccc(C(N)=O)cc3F)CC2)on1. The predicted octanol–water partition coefficient (Wildman–Crippen LogP) is 2.76. The lowest BCUT2D eigenvalue weighted by molar-refractivity contribution is 0.0707. The number of aromatic nitrogens is 3. The van der Waals surface area contributed by atoms with E-state index in [0.29, 0.717) is 31.7 Å². The number of likely N-dealkylation sites (tertiary alicyclic amines) is 1. The van der Waals surface area contributed by atoms with Crippen molar-refractivity contribution in [2.75, 3.05) is 13.1 Å². The van der Waals surface area contributed by atoms with Crippen molar-refractivity contribution in [2.45, 2.75) is 25.7 Å². The van der Waals surface area contributed by atoms with E-state index in [1.54, 1.807) is 4.90 Å². The Morgan fingerprint density at radius 2 is 2.03 bits per heavy atom. The average Bonchev–Trinajstić information content (AvgIpc) is 3.36. The smallest absolute Gasteiger partial charge is 0.256 e. The standard InChI is InChI=1S/C19H18FN5O3S/c1-10-8-15(28-23-10)17-16(22-24-29-17)11-4-6-25(7-5-11)19(27)13-3-2-12(18(21)26)9-14(13)20/h2-3,8-9,11H,4-7H2,1H3,(H2,21,26). The molecular formula is C19H18FN5O3S. The van der Waals surface area contributed by atoms with Gasteiger partial charge in [0.15, 0.2) is 5.76 Å². The van der Waals surface area contributed by atoms with Gasteiger partial charge in [0.1, 0.15) is 10.7 Å². The summed E-state index contributed by atoms with van der Waals surface area (Å²) in [5.41, 5.74) is 6.74. The zero-order valence-electron chi connectivity index (χ0n) is 15.6. The largest absolute Gasteiger partial charge is 0.366 e. The lowest BCUT2D eigenvalue weighted by atomic mass is 9.92. The van der Waals surface area contributed by atoms with E-state index < -0.39 is 17.6 Å². The average molecular weight is 415 g/mol. The van der Waals surface area contributed by atoms with Crippen molar-refractivity contribution in [1.29, 1.82) is 0 Å². The fourth-order valence-electron chi connectivity index (χ4n) is 3.47. The zero-order chi connectivity index (χ0) is 20.5. The first-order chi connectivity index (χ1) is 13.9. The number of nitrogens with two attached hydrogens (primary N) is 1. The highest BCUT2D eigenvalue weighted by molar-refractivity contribution is 7.09. The Kier molecular flexibility index (Phi) is 5.10. The molecule has 0 saturated carbocycles. The number of hydrogen-bond donors (Lipinski definition) is 1. The third-order valence-electron chi connectivity index (χ3n) is 5.02. The molecule has 0 bridgehead atoms. The van der Waals surface area contributed by atoms with E-state index in [9.17, 15) is 14.0 Å². The van der Waals surface area contributed by atoms with Crippen LogP contribution < -0.4 is 5.73 Å². The molecule has 0 aliphatic carbocycles. The zero-order valence-corrected chi connectivity index (χ0v) is 16.4. The number of aryl methyl sites for hydroxylation is 1. The Hall–Kier alpha value is -3.14. The molecule has 10 heteroatoms. The van der Waals surface area contributed by atoms with Gasteiger partial charge in [0, 0.05) is 30.6 Å². The maximum Gasteiger partial charge on any atom is 0.256 e. The molecule has 1 aliphatic rings. The molecule has 2 N–H and O–H groups in total. The van der Waals surface area contributed by atoms with Crippen molar-refractivity contribution in [3.8, 4) is 10.6 Å². The number of benzene rings is 1. The molecule has 1 fully saturated rings. The van der Waals surface area contributed by atoms with Crippen molar-refractivity contribution < 1.29 is 18.5 Å². The topological polar surface area (TPSA) is 115 Å². The summed E-state index contributed by atoms with van der Waals surface area (Å²) in [7, 11) is 0. The van der Waals surface area contributed by atoms with E-state index in [0.717, 1.165) is 22.3 Å². The molecule has 1 aromatic carbocycles. The van der Waals surface area contributed by atoms with E-state index in [4.69, 9.17) is 10.3 Å². The van der Waals surface area contributed by atoms with Gasteiger partial charge in [0.05, 0.1) is 17.0 Å². The molecule has 0 radical (unpaired) electrons. The number of amides is 2. The summed E-state index contributed by atoms with van der Waals surface area (Å²) in [6.07, 6.45) is 1.36. The molecule has 2 aromatic heterocycles. The van der Waals surface area contributed by atoms with Crippen LogP contribution >= 0.6 is 11.5 Å². The molecule has 1 saturated heterocycles. The lowest BCUT2D eigenvalue weighted by Gasteiger charge is -2.31. The molecule has 2 amide bonds. The van der Waals surface area contributed by atoms with Gasteiger partial charge in [0.2, 0.25) is 5.91 Å². The van der Waals surface area contributed by atoms with Gasteiger partial charge in [-0.05, 0) is 49.5 Å². The highest BCUT2D eigenvalue weighted by Crippen LogP contribution is 2.36. The first kappa shape index (κ1) is 19.2. The van der Waals surface area contributed by atoms with Crippen LogP contribution in [0.1, 0.15) is 50.9 Å². The van der Waals surface area contributed by atoms with Gasteiger partial charge < -0.3 is 15.2 Å². The Balaban J connectivity index is 1.46. The molecule has 8 nitrogen and oxygen atoms in total. The van der Waals surface area contributed by atoms with Crippen LogP contribution in [0.15, 0.2) is 28.8 Å². The third-order valence-corrected chi connectivity index (χ3v) is 5.77. The predicted molar refractivity (Wildman–Crippen MR) is 103 cm³/mol. The third kappa shape index (κ3) is 3.75. The lowest BCUT2D eigenvalue weighted by Crippen LogP contribution is -2.38. The van der Waals surface area contributed by atoms with Crippen molar-refractivity contribution in [3.63, 3.8) is 0 Å². The Bertz CT molecular complexity index is 1070. The summed E-state index contributed by atoms with van der Waals surface area (Å²) >= 11 is 1.26. The Morgan fingerprint density at radius 1 is 1.28 bits per heavy atom. The minimum Gasteiger partial charge on any atom is -0.366 e. The van der Waals surface area contributed by atoms with Gasteiger partial charge >= 0.3 is 0 Å². The number of primary amides is 1. The summed E-state index contributed by atoms with van der Waals surface area (Å²) in [5, 5.41) is 8.18. The molecular weight excluding hydrogens is 397 g/mol. The fraction of sp³-hybridized carbons (Fsp3) is 0.316. The van der Waals surface area contributed by atoms with E-state index in [1.807, 2.05) is 13.0 Å². The highest BCUT2D eigenvalue weighted by atomic mass is 32.1. The van der Waals surface area contributed by atoms with Crippen LogP contribution in [0.5, 0.6) is 0 Å². The first-order valence-corrected chi connectivity index (χ1v) is 9.86. The molecule has 0 unspecified atom stereocenters. The number of nitrogens with zero attached hydrogens (tertiary/aromatic N) is 4. The Labute approximate surface area is 169 Å². The van der Waals surface area contributed by atoms with Gasteiger partial charge in [-0.2, -0.15) is 0 Å².